The van der Waals surface area contributed by atoms with Crippen LogP contribution in [0.15, 0.2) is 48.5 Å². The molecule has 2 amide bonds. The monoisotopic (exact) mass is 361 g/mol. The summed E-state index contributed by atoms with van der Waals surface area (Å²) in [6, 6.07) is 15.8. The van der Waals surface area contributed by atoms with Crippen LogP contribution in [0.5, 0.6) is 0 Å². The largest absolute Gasteiger partial charge is 0.336 e. The van der Waals surface area contributed by atoms with Crippen molar-refractivity contribution in [3.8, 4) is 6.07 Å². The average Bonchev–Trinajstić information content (AvgIpc) is 2.73. The number of anilines is 1. The fraction of sp³-hybridized carbons (Fsp3) is 0.318. The van der Waals surface area contributed by atoms with Crippen molar-refractivity contribution in [2.75, 3.05) is 11.9 Å². The van der Waals surface area contributed by atoms with Crippen LogP contribution in [-0.2, 0) is 0 Å². The number of nitriles is 1. The third-order valence-corrected chi connectivity index (χ3v) is 5.03. The Morgan fingerprint density at radius 3 is 2.37 bits per heavy atom. The van der Waals surface area contributed by atoms with E-state index in [1.807, 2.05) is 11.0 Å². The molecule has 1 unspecified atom stereocenters. The Bertz CT molecular complexity index is 851. The molecule has 3 rings (SSSR count). The summed E-state index contributed by atoms with van der Waals surface area (Å²) in [5.74, 6) is -0.205. The van der Waals surface area contributed by atoms with E-state index in [4.69, 9.17) is 5.26 Å². The number of carbonyl (C=O) groups excluding carboxylic acids is 2. The number of piperidine rings is 1. The number of likely N-dealkylation sites (tertiary alicyclic amines) is 1. The van der Waals surface area contributed by atoms with Gasteiger partial charge in [-0.25, -0.2) is 0 Å². The number of carbonyl (C=O) groups is 2. The summed E-state index contributed by atoms with van der Waals surface area (Å²) < 4.78 is 0. The molecule has 2 aromatic carbocycles. The zero-order chi connectivity index (χ0) is 19.2. The van der Waals surface area contributed by atoms with Gasteiger partial charge >= 0.3 is 0 Å². The van der Waals surface area contributed by atoms with Gasteiger partial charge in [-0.05, 0) is 74.2 Å². The Morgan fingerprint density at radius 2 is 1.74 bits per heavy atom. The fourth-order valence-corrected chi connectivity index (χ4v) is 3.45. The molecule has 1 atom stereocenters. The van der Waals surface area contributed by atoms with Crippen LogP contribution < -0.4 is 5.32 Å². The predicted molar refractivity (Wildman–Crippen MR) is 105 cm³/mol. The van der Waals surface area contributed by atoms with Crippen molar-refractivity contribution in [2.24, 2.45) is 0 Å². The van der Waals surface area contributed by atoms with Crippen LogP contribution >= 0.6 is 0 Å². The van der Waals surface area contributed by atoms with Gasteiger partial charge < -0.3 is 10.2 Å². The van der Waals surface area contributed by atoms with E-state index in [1.165, 1.54) is 6.42 Å². The standard InChI is InChI=1S/C22H23N3O2/c1-2-20-5-3-4-14-25(20)22(27)18-10-8-17(9-11-18)21(26)24-19-12-6-16(15-23)7-13-19/h6-13,20H,2-5,14H2,1H3,(H,24,26). The maximum Gasteiger partial charge on any atom is 0.255 e. The van der Waals surface area contributed by atoms with Gasteiger partial charge in [-0.2, -0.15) is 5.26 Å². The minimum atomic E-state index is -0.247. The summed E-state index contributed by atoms with van der Waals surface area (Å²) in [5.41, 5.74) is 2.27. The first-order valence-electron chi connectivity index (χ1n) is 9.35. The number of hydrogen-bond acceptors (Lipinski definition) is 3. The smallest absolute Gasteiger partial charge is 0.255 e. The van der Waals surface area contributed by atoms with Crippen molar-refractivity contribution in [3.63, 3.8) is 0 Å². The lowest BCUT2D eigenvalue weighted by Gasteiger charge is -2.35. The van der Waals surface area contributed by atoms with Crippen molar-refractivity contribution in [1.29, 1.82) is 5.26 Å². The third-order valence-electron chi connectivity index (χ3n) is 5.03. The molecule has 2 aromatic rings. The Kier molecular flexibility index (Phi) is 5.87. The van der Waals surface area contributed by atoms with Gasteiger partial charge in [0, 0.05) is 29.4 Å². The minimum absolute atomic E-state index is 0.0422. The molecular weight excluding hydrogens is 338 g/mol. The molecule has 0 bridgehead atoms. The normalized spacial score (nSPS) is 16.4. The predicted octanol–water partition coefficient (Wildman–Crippen LogP) is 4.22. The molecule has 0 radical (unpaired) electrons. The van der Waals surface area contributed by atoms with Crippen LogP contribution in [0.3, 0.4) is 0 Å². The van der Waals surface area contributed by atoms with E-state index < -0.39 is 0 Å². The van der Waals surface area contributed by atoms with Gasteiger partial charge in [-0.3, -0.25) is 9.59 Å². The van der Waals surface area contributed by atoms with E-state index in [9.17, 15) is 9.59 Å². The first kappa shape index (κ1) is 18.7. The highest BCUT2D eigenvalue weighted by atomic mass is 16.2. The molecule has 1 saturated heterocycles. The van der Waals surface area contributed by atoms with Crippen molar-refractivity contribution in [2.45, 2.75) is 38.6 Å². The van der Waals surface area contributed by atoms with Gasteiger partial charge in [-0.15, -0.1) is 0 Å². The quantitative estimate of drug-likeness (QED) is 0.886. The lowest BCUT2D eigenvalue weighted by molar-refractivity contribution is 0.0607. The van der Waals surface area contributed by atoms with Crippen LogP contribution in [0, 0.1) is 11.3 Å². The highest BCUT2D eigenvalue weighted by Gasteiger charge is 2.26. The van der Waals surface area contributed by atoms with Crippen molar-refractivity contribution in [1.82, 2.24) is 4.90 Å². The molecule has 1 aliphatic heterocycles. The second-order valence-electron chi connectivity index (χ2n) is 6.78. The molecule has 1 N–H and O–H groups in total. The van der Waals surface area contributed by atoms with E-state index in [-0.39, 0.29) is 11.8 Å². The molecule has 0 aromatic heterocycles. The summed E-state index contributed by atoms with van der Waals surface area (Å²) in [5, 5.41) is 11.6. The number of benzene rings is 2. The number of amides is 2. The van der Waals surface area contributed by atoms with Crippen LogP contribution in [-0.4, -0.2) is 29.3 Å². The molecule has 1 aliphatic rings. The lowest BCUT2D eigenvalue weighted by Crippen LogP contribution is -2.43. The molecule has 27 heavy (non-hydrogen) atoms. The molecular formula is C22H23N3O2. The van der Waals surface area contributed by atoms with E-state index in [0.717, 1.165) is 25.8 Å². The zero-order valence-electron chi connectivity index (χ0n) is 15.4. The van der Waals surface area contributed by atoms with Gasteiger partial charge in [0.2, 0.25) is 0 Å². The highest BCUT2D eigenvalue weighted by molar-refractivity contribution is 6.05. The number of hydrogen-bond donors (Lipinski definition) is 1. The number of nitrogens with zero attached hydrogens (tertiary/aromatic N) is 2. The molecule has 0 aliphatic carbocycles. The molecule has 138 valence electrons. The summed E-state index contributed by atoms with van der Waals surface area (Å²) in [4.78, 5) is 27.1. The lowest BCUT2D eigenvalue weighted by atomic mass is 9.98. The van der Waals surface area contributed by atoms with Gasteiger partial charge in [0.15, 0.2) is 0 Å². The molecule has 5 nitrogen and oxygen atoms in total. The second kappa shape index (κ2) is 8.50. The molecule has 5 heteroatoms. The van der Waals surface area contributed by atoms with Crippen LogP contribution in [0.4, 0.5) is 5.69 Å². The Labute approximate surface area is 159 Å². The van der Waals surface area contributed by atoms with Gasteiger partial charge in [0.25, 0.3) is 11.8 Å². The Balaban J connectivity index is 1.67. The van der Waals surface area contributed by atoms with Crippen molar-refractivity contribution in [3.05, 3.63) is 65.2 Å². The van der Waals surface area contributed by atoms with Gasteiger partial charge in [0.1, 0.15) is 0 Å². The number of nitrogens with one attached hydrogen (secondary N) is 1. The van der Waals surface area contributed by atoms with Crippen molar-refractivity contribution >= 4 is 17.5 Å². The van der Waals surface area contributed by atoms with E-state index in [2.05, 4.69) is 12.2 Å². The van der Waals surface area contributed by atoms with Crippen molar-refractivity contribution < 1.29 is 9.59 Å². The molecule has 0 saturated carbocycles. The third kappa shape index (κ3) is 4.35. The van der Waals surface area contributed by atoms with Crippen LogP contribution in [0.1, 0.15) is 58.9 Å². The van der Waals surface area contributed by atoms with Crippen LogP contribution in [0.2, 0.25) is 0 Å². The minimum Gasteiger partial charge on any atom is -0.336 e. The van der Waals surface area contributed by atoms with Gasteiger partial charge in [-0.1, -0.05) is 6.92 Å². The molecule has 0 spiro atoms. The average molecular weight is 361 g/mol. The van der Waals surface area contributed by atoms with Gasteiger partial charge in [0.05, 0.1) is 11.6 Å². The summed E-state index contributed by atoms with van der Waals surface area (Å²) in [6.07, 6.45) is 4.26. The zero-order valence-corrected chi connectivity index (χ0v) is 15.4. The Hall–Kier alpha value is -3.13. The van der Waals surface area contributed by atoms with E-state index in [0.29, 0.717) is 28.4 Å². The first-order chi connectivity index (χ1) is 13.1. The fourth-order valence-electron chi connectivity index (χ4n) is 3.45. The summed E-state index contributed by atoms with van der Waals surface area (Å²) in [7, 11) is 0. The second-order valence-corrected chi connectivity index (χ2v) is 6.78. The highest BCUT2D eigenvalue weighted by Crippen LogP contribution is 2.22. The summed E-state index contributed by atoms with van der Waals surface area (Å²) in [6.45, 7) is 2.92. The van der Waals surface area contributed by atoms with E-state index >= 15 is 0 Å². The number of rotatable bonds is 4. The van der Waals surface area contributed by atoms with E-state index in [1.54, 1.807) is 48.5 Å². The van der Waals surface area contributed by atoms with Crippen LogP contribution in [0.25, 0.3) is 0 Å². The topological polar surface area (TPSA) is 73.2 Å². The SMILES string of the molecule is CCC1CCCCN1C(=O)c1ccc(C(=O)Nc2ccc(C#N)cc2)cc1. The maximum atomic E-state index is 12.8. The Morgan fingerprint density at radius 1 is 1.07 bits per heavy atom. The molecule has 1 fully saturated rings. The molecule has 1 heterocycles. The first-order valence-corrected chi connectivity index (χ1v) is 9.35. The maximum absolute atomic E-state index is 12.8. The summed E-state index contributed by atoms with van der Waals surface area (Å²) >= 11 is 0.